The molecule has 0 saturated carbocycles. The van der Waals surface area contributed by atoms with Crippen molar-refractivity contribution in [2.24, 2.45) is 5.92 Å². The van der Waals surface area contributed by atoms with Crippen LogP contribution in [-0.2, 0) is 17.7 Å². The summed E-state index contributed by atoms with van der Waals surface area (Å²) in [7, 11) is 0. The molecule has 120 valence electrons. The molecule has 5 nitrogen and oxygen atoms in total. The predicted octanol–water partition coefficient (Wildman–Crippen LogP) is 2.85. The molecule has 1 atom stereocenters. The molecular formula is C18H21N3O2. The van der Waals surface area contributed by atoms with Gasteiger partial charge in [-0.05, 0) is 30.0 Å². The summed E-state index contributed by atoms with van der Waals surface area (Å²) < 4.78 is 11.3. The highest BCUT2D eigenvalue weighted by atomic mass is 16.5. The van der Waals surface area contributed by atoms with Gasteiger partial charge in [-0.25, -0.2) is 4.98 Å². The molecule has 1 aliphatic rings. The number of aromatic amines is 1. The first kappa shape index (κ1) is 14.5. The van der Waals surface area contributed by atoms with Gasteiger partial charge in [-0.1, -0.05) is 12.1 Å². The molecule has 5 heteroatoms. The molecule has 1 unspecified atom stereocenters. The van der Waals surface area contributed by atoms with E-state index in [9.17, 15) is 0 Å². The zero-order chi connectivity index (χ0) is 15.5. The maximum Gasteiger partial charge on any atom is 0.134 e. The van der Waals surface area contributed by atoms with Crippen molar-refractivity contribution in [3.05, 3.63) is 54.3 Å². The van der Waals surface area contributed by atoms with E-state index in [1.54, 1.807) is 12.6 Å². The van der Waals surface area contributed by atoms with Gasteiger partial charge < -0.3 is 14.1 Å². The first-order valence-electron chi connectivity index (χ1n) is 8.11. The Bertz CT molecular complexity index is 751. The largest absolute Gasteiger partial charge is 0.464 e. The van der Waals surface area contributed by atoms with Crippen molar-refractivity contribution in [1.82, 2.24) is 14.9 Å². The van der Waals surface area contributed by atoms with Gasteiger partial charge in [0.15, 0.2) is 0 Å². The lowest BCUT2D eigenvalue weighted by Crippen LogP contribution is -2.30. The molecule has 0 bridgehead atoms. The monoisotopic (exact) mass is 311 g/mol. The van der Waals surface area contributed by atoms with Crippen LogP contribution in [-0.4, -0.2) is 41.2 Å². The molecule has 1 aromatic carbocycles. The summed E-state index contributed by atoms with van der Waals surface area (Å²) in [4.78, 5) is 9.73. The quantitative estimate of drug-likeness (QED) is 0.805. The van der Waals surface area contributed by atoms with E-state index in [1.165, 1.54) is 10.9 Å². The highest BCUT2D eigenvalue weighted by Gasteiger charge is 2.20. The molecule has 2 aromatic heterocycles. The molecular weight excluding hydrogens is 290 g/mol. The summed E-state index contributed by atoms with van der Waals surface area (Å²) in [6, 6.07) is 8.35. The van der Waals surface area contributed by atoms with Crippen LogP contribution in [0.25, 0.3) is 11.0 Å². The number of hydrogen-bond acceptors (Lipinski definition) is 4. The second-order valence-corrected chi connectivity index (χ2v) is 6.21. The van der Waals surface area contributed by atoms with Crippen LogP contribution in [0.3, 0.4) is 0 Å². The molecule has 0 aliphatic carbocycles. The standard InChI is InChI=1S/C18H21N3O2/c1-2-15(17-4-6-23-18(17)3-1)8-14-10-21(5-7-22-12-14)11-16-9-19-13-20-16/h1-4,6,9,13-14H,5,7-8,10-12H2,(H,19,20). The lowest BCUT2D eigenvalue weighted by molar-refractivity contribution is 0.122. The third-order valence-corrected chi connectivity index (χ3v) is 4.47. The van der Waals surface area contributed by atoms with Crippen molar-refractivity contribution in [1.29, 1.82) is 0 Å². The molecule has 1 N–H and O–H groups in total. The van der Waals surface area contributed by atoms with Crippen LogP contribution in [0.5, 0.6) is 0 Å². The molecule has 3 aromatic rings. The van der Waals surface area contributed by atoms with E-state index in [2.05, 4.69) is 33.1 Å². The van der Waals surface area contributed by atoms with Crippen LogP contribution < -0.4 is 0 Å². The second kappa shape index (κ2) is 6.56. The molecule has 1 aliphatic heterocycles. The summed E-state index contributed by atoms with van der Waals surface area (Å²) >= 11 is 0. The molecule has 3 heterocycles. The minimum absolute atomic E-state index is 0.487. The maximum atomic E-state index is 5.83. The minimum atomic E-state index is 0.487. The normalized spacial score (nSPS) is 19.9. The van der Waals surface area contributed by atoms with Gasteiger partial charge in [0.2, 0.25) is 0 Å². The van der Waals surface area contributed by atoms with E-state index in [0.29, 0.717) is 5.92 Å². The number of fused-ring (bicyclic) bond motifs is 1. The second-order valence-electron chi connectivity index (χ2n) is 6.21. The number of aromatic nitrogens is 2. The van der Waals surface area contributed by atoms with E-state index in [1.807, 2.05) is 12.3 Å². The van der Waals surface area contributed by atoms with Gasteiger partial charge in [0, 0.05) is 36.9 Å². The molecule has 0 amide bonds. The highest BCUT2D eigenvalue weighted by Crippen LogP contribution is 2.23. The van der Waals surface area contributed by atoms with E-state index in [0.717, 1.165) is 50.5 Å². The topological polar surface area (TPSA) is 54.3 Å². The first-order valence-corrected chi connectivity index (χ1v) is 8.11. The van der Waals surface area contributed by atoms with Crippen LogP contribution in [0.15, 0.2) is 47.5 Å². The smallest absolute Gasteiger partial charge is 0.134 e. The average molecular weight is 311 g/mol. The van der Waals surface area contributed by atoms with Gasteiger partial charge in [0.1, 0.15) is 5.58 Å². The van der Waals surface area contributed by atoms with Gasteiger partial charge in [0.05, 0.1) is 25.8 Å². The minimum Gasteiger partial charge on any atom is -0.464 e. The average Bonchev–Trinajstić information content (AvgIpc) is 3.18. The number of furan rings is 1. The fourth-order valence-corrected chi connectivity index (χ4v) is 3.38. The molecule has 1 saturated heterocycles. The molecule has 23 heavy (non-hydrogen) atoms. The summed E-state index contributed by atoms with van der Waals surface area (Å²) in [5, 5.41) is 1.22. The van der Waals surface area contributed by atoms with Crippen LogP contribution in [0.2, 0.25) is 0 Å². The molecule has 0 spiro atoms. The van der Waals surface area contributed by atoms with E-state index >= 15 is 0 Å². The molecule has 1 fully saturated rings. The molecule has 0 radical (unpaired) electrons. The SMILES string of the molecule is c1cc(CC2COCCN(Cc3cnc[nH]3)C2)c2ccoc2c1. The fraction of sp³-hybridized carbons (Fsp3) is 0.389. The van der Waals surface area contributed by atoms with Crippen LogP contribution >= 0.6 is 0 Å². The van der Waals surface area contributed by atoms with E-state index in [-0.39, 0.29) is 0 Å². The first-order chi connectivity index (χ1) is 11.4. The van der Waals surface area contributed by atoms with Crippen molar-refractivity contribution in [3.8, 4) is 0 Å². The highest BCUT2D eigenvalue weighted by molar-refractivity contribution is 5.80. The predicted molar refractivity (Wildman–Crippen MR) is 88.1 cm³/mol. The van der Waals surface area contributed by atoms with Gasteiger partial charge in [-0.2, -0.15) is 0 Å². The van der Waals surface area contributed by atoms with Crippen molar-refractivity contribution < 1.29 is 9.15 Å². The van der Waals surface area contributed by atoms with Crippen LogP contribution in [0.1, 0.15) is 11.3 Å². The fourth-order valence-electron chi connectivity index (χ4n) is 3.38. The third-order valence-electron chi connectivity index (χ3n) is 4.47. The zero-order valence-corrected chi connectivity index (χ0v) is 13.1. The van der Waals surface area contributed by atoms with Gasteiger partial charge in [0.25, 0.3) is 0 Å². The number of imidazole rings is 1. The maximum absolute atomic E-state index is 5.83. The number of benzene rings is 1. The summed E-state index contributed by atoms with van der Waals surface area (Å²) in [6.07, 6.45) is 6.41. The van der Waals surface area contributed by atoms with Crippen LogP contribution in [0.4, 0.5) is 0 Å². The van der Waals surface area contributed by atoms with Crippen molar-refractivity contribution in [3.63, 3.8) is 0 Å². The van der Waals surface area contributed by atoms with Gasteiger partial charge in [-0.15, -0.1) is 0 Å². The zero-order valence-electron chi connectivity index (χ0n) is 13.1. The lowest BCUT2D eigenvalue weighted by Gasteiger charge is -2.22. The number of hydrogen-bond donors (Lipinski definition) is 1. The van der Waals surface area contributed by atoms with Crippen molar-refractivity contribution in [2.75, 3.05) is 26.3 Å². The Kier molecular flexibility index (Phi) is 4.13. The van der Waals surface area contributed by atoms with E-state index < -0.39 is 0 Å². The summed E-state index contributed by atoms with van der Waals surface area (Å²) in [5.74, 6) is 0.487. The Balaban J connectivity index is 1.48. The van der Waals surface area contributed by atoms with E-state index in [4.69, 9.17) is 9.15 Å². The van der Waals surface area contributed by atoms with Crippen LogP contribution in [0, 0.1) is 5.92 Å². The number of ether oxygens (including phenoxy) is 1. The Morgan fingerprint density at radius 2 is 2.30 bits per heavy atom. The van der Waals surface area contributed by atoms with Crippen molar-refractivity contribution >= 4 is 11.0 Å². The summed E-state index contributed by atoms with van der Waals surface area (Å²) in [6.45, 7) is 4.50. The number of nitrogens with zero attached hydrogens (tertiary/aromatic N) is 2. The van der Waals surface area contributed by atoms with Gasteiger partial charge >= 0.3 is 0 Å². The number of nitrogens with one attached hydrogen (secondary N) is 1. The van der Waals surface area contributed by atoms with Gasteiger partial charge in [-0.3, -0.25) is 4.90 Å². The Hall–Kier alpha value is -2.11. The third kappa shape index (κ3) is 3.30. The Morgan fingerprint density at radius 3 is 3.22 bits per heavy atom. The Morgan fingerprint density at radius 1 is 1.30 bits per heavy atom. The Labute approximate surface area is 135 Å². The summed E-state index contributed by atoms with van der Waals surface area (Å²) in [5.41, 5.74) is 3.46. The molecule has 4 rings (SSSR count). The lowest BCUT2D eigenvalue weighted by atomic mass is 9.97. The van der Waals surface area contributed by atoms with Crippen molar-refractivity contribution in [2.45, 2.75) is 13.0 Å². The number of rotatable bonds is 4. The number of H-pyrrole nitrogens is 1.